The SMILES string of the molecule is CC(NC(=O)OC(C)(C)C)C(=O)OCCCC(=O)O. The maximum atomic E-state index is 11.4. The van der Waals surface area contributed by atoms with Crippen molar-refractivity contribution in [2.75, 3.05) is 6.61 Å². The Morgan fingerprint density at radius 2 is 1.84 bits per heavy atom. The fraction of sp³-hybridized carbons (Fsp3) is 0.750. The van der Waals surface area contributed by atoms with Crippen molar-refractivity contribution >= 4 is 18.0 Å². The van der Waals surface area contributed by atoms with Crippen LogP contribution in [-0.2, 0) is 19.1 Å². The Balaban J connectivity index is 3.93. The molecule has 0 saturated carbocycles. The molecule has 7 nitrogen and oxygen atoms in total. The summed E-state index contributed by atoms with van der Waals surface area (Å²) in [6.45, 7) is 6.60. The number of ether oxygens (including phenoxy) is 2. The summed E-state index contributed by atoms with van der Waals surface area (Å²) in [6.07, 6.45) is -0.538. The summed E-state index contributed by atoms with van der Waals surface area (Å²) in [5.74, 6) is -1.58. The molecule has 1 atom stereocenters. The molecule has 7 heteroatoms. The van der Waals surface area contributed by atoms with Crippen LogP contribution < -0.4 is 5.32 Å². The van der Waals surface area contributed by atoms with Crippen LogP contribution in [0.4, 0.5) is 4.79 Å². The highest BCUT2D eigenvalue weighted by atomic mass is 16.6. The van der Waals surface area contributed by atoms with E-state index in [0.717, 1.165) is 0 Å². The van der Waals surface area contributed by atoms with Gasteiger partial charge in [-0.1, -0.05) is 0 Å². The highest BCUT2D eigenvalue weighted by Crippen LogP contribution is 2.06. The number of hydrogen-bond acceptors (Lipinski definition) is 5. The number of amides is 1. The van der Waals surface area contributed by atoms with Crippen LogP contribution in [0.5, 0.6) is 0 Å². The van der Waals surface area contributed by atoms with Gasteiger partial charge in [0.2, 0.25) is 0 Å². The van der Waals surface area contributed by atoms with Gasteiger partial charge in [0.25, 0.3) is 0 Å². The molecule has 0 radical (unpaired) electrons. The van der Waals surface area contributed by atoms with Crippen LogP contribution in [0.3, 0.4) is 0 Å². The molecule has 0 fully saturated rings. The molecule has 0 heterocycles. The van der Waals surface area contributed by atoms with Crippen LogP contribution in [0.25, 0.3) is 0 Å². The second kappa shape index (κ2) is 7.60. The average Bonchev–Trinajstić information content (AvgIpc) is 2.20. The number of aliphatic carboxylic acids is 1. The molecule has 0 spiro atoms. The van der Waals surface area contributed by atoms with Gasteiger partial charge in [-0.25, -0.2) is 9.59 Å². The number of carbonyl (C=O) groups excluding carboxylic acids is 2. The van der Waals surface area contributed by atoms with E-state index in [4.69, 9.17) is 14.6 Å². The molecule has 0 rings (SSSR count). The van der Waals surface area contributed by atoms with Crippen molar-refractivity contribution in [1.29, 1.82) is 0 Å². The predicted octanol–water partition coefficient (Wildman–Crippen LogP) is 1.31. The van der Waals surface area contributed by atoms with Gasteiger partial charge in [-0.2, -0.15) is 0 Å². The van der Waals surface area contributed by atoms with E-state index in [0.29, 0.717) is 0 Å². The van der Waals surface area contributed by atoms with Crippen LogP contribution in [0.2, 0.25) is 0 Å². The Bertz CT molecular complexity index is 334. The second-order valence-electron chi connectivity index (χ2n) is 5.03. The minimum atomic E-state index is -0.948. The first-order chi connectivity index (χ1) is 8.61. The Morgan fingerprint density at radius 3 is 2.32 bits per heavy atom. The largest absolute Gasteiger partial charge is 0.481 e. The lowest BCUT2D eigenvalue weighted by Gasteiger charge is -2.21. The molecule has 0 aromatic carbocycles. The zero-order valence-electron chi connectivity index (χ0n) is 11.7. The van der Waals surface area contributed by atoms with E-state index in [9.17, 15) is 14.4 Å². The number of carbonyl (C=O) groups is 3. The molecule has 0 aliphatic heterocycles. The normalized spacial score (nSPS) is 12.4. The fourth-order valence-electron chi connectivity index (χ4n) is 1.06. The van der Waals surface area contributed by atoms with Gasteiger partial charge < -0.3 is 19.9 Å². The van der Waals surface area contributed by atoms with Gasteiger partial charge in [0.1, 0.15) is 11.6 Å². The third-order valence-electron chi connectivity index (χ3n) is 1.87. The molecule has 0 aromatic rings. The van der Waals surface area contributed by atoms with E-state index in [1.807, 2.05) is 0 Å². The zero-order valence-corrected chi connectivity index (χ0v) is 11.7. The summed E-state index contributed by atoms with van der Waals surface area (Å²) < 4.78 is 9.79. The van der Waals surface area contributed by atoms with Crippen LogP contribution in [-0.4, -0.2) is 41.4 Å². The van der Waals surface area contributed by atoms with Crippen molar-refractivity contribution in [3.63, 3.8) is 0 Å². The first kappa shape index (κ1) is 17.2. The number of rotatable bonds is 6. The van der Waals surface area contributed by atoms with Gasteiger partial charge in [0.05, 0.1) is 6.61 Å². The predicted molar refractivity (Wildman–Crippen MR) is 66.7 cm³/mol. The number of carboxylic acids is 1. The summed E-state index contributed by atoms with van der Waals surface area (Å²) in [6, 6.07) is -0.848. The van der Waals surface area contributed by atoms with E-state index in [1.165, 1.54) is 6.92 Å². The average molecular weight is 275 g/mol. The maximum absolute atomic E-state index is 11.4. The smallest absolute Gasteiger partial charge is 0.408 e. The van der Waals surface area contributed by atoms with Crippen molar-refractivity contribution in [1.82, 2.24) is 5.32 Å². The lowest BCUT2D eigenvalue weighted by atomic mass is 10.2. The number of carboxylic acid groups (broad SMARTS) is 1. The molecular formula is C12H21NO6. The molecule has 0 saturated heterocycles. The summed E-state index contributed by atoms with van der Waals surface area (Å²) in [7, 11) is 0. The molecule has 19 heavy (non-hydrogen) atoms. The van der Waals surface area contributed by atoms with Crippen molar-refractivity contribution < 1.29 is 29.0 Å². The number of hydrogen-bond donors (Lipinski definition) is 2. The summed E-state index contributed by atoms with van der Waals surface area (Å²) in [4.78, 5) is 33.1. The van der Waals surface area contributed by atoms with Gasteiger partial charge in [0.15, 0.2) is 0 Å². The van der Waals surface area contributed by atoms with Gasteiger partial charge in [-0.3, -0.25) is 4.79 Å². The van der Waals surface area contributed by atoms with E-state index in [-0.39, 0.29) is 19.4 Å². The first-order valence-electron chi connectivity index (χ1n) is 6.00. The third-order valence-corrected chi connectivity index (χ3v) is 1.87. The molecule has 1 unspecified atom stereocenters. The van der Waals surface area contributed by atoms with Crippen molar-refractivity contribution in [3.8, 4) is 0 Å². The summed E-state index contributed by atoms with van der Waals surface area (Å²) >= 11 is 0. The lowest BCUT2D eigenvalue weighted by Crippen LogP contribution is -2.42. The van der Waals surface area contributed by atoms with E-state index >= 15 is 0 Å². The quantitative estimate of drug-likeness (QED) is 0.559. The molecule has 1 amide bonds. The highest BCUT2D eigenvalue weighted by molar-refractivity contribution is 5.81. The van der Waals surface area contributed by atoms with Gasteiger partial charge >= 0.3 is 18.0 Å². The van der Waals surface area contributed by atoms with Gasteiger partial charge in [0, 0.05) is 6.42 Å². The zero-order chi connectivity index (χ0) is 15.1. The minimum absolute atomic E-state index is 0.00543. The van der Waals surface area contributed by atoms with E-state index < -0.39 is 29.7 Å². The molecule has 0 aromatic heterocycles. The topological polar surface area (TPSA) is 102 Å². The van der Waals surface area contributed by atoms with Crippen molar-refractivity contribution in [2.45, 2.75) is 52.2 Å². The van der Waals surface area contributed by atoms with Gasteiger partial charge in [-0.05, 0) is 34.1 Å². The lowest BCUT2D eigenvalue weighted by molar-refractivity contribution is -0.147. The number of esters is 1. The van der Waals surface area contributed by atoms with Crippen LogP contribution in [0, 0.1) is 0 Å². The fourth-order valence-corrected chi connectivity index (χ4v) is 1.06. The Hall–Kier alpha value is -1.79. The summed E-state index contributed by atoms with van der Waals surface area (Å²) in [5.41, 5.74) is -0.644. The third kappa shape index (κ3) is 9.87. The monoisotopic (exact) mass is 275 g/mol. The van der Waals surface area contributed by atoms with Crippen molar-refractivity contribution in [2.24, 2.45) is 0 Å². The molecule has 110 valence electrons. The maximum Gasteiger partial charge on any atom is 0.408 e. The molecule has 0 aliphatic carbocycles. The highest BCUT2D eigenvalue weighted by Gasteiger charge is 2.21. The Labute approximate surface area is 112 Å². The molecule has 0 bridgehead atoms. The Kier molecular flexibility index (Phi) is 6.89. The standard InChI is InChI=1S/C12H21NO6/c1-8(13-11(17)19-12(2,3)4)10(16)18-7-5-6-9(14)15/h8H,5-7H2,1-4H3,(H,13,17)(H,14,15). The van der Waals surface area contributed by atoms with E-state index in [1.54, 1.807) is 20.8 Å². The van der Waals surface area contributed by atoms with Crippen LogP contribution in [0.15, 0.2) is 0 Å². The number of alkyl carbamates (subject to hydrolysis) is 1. The first-order valence-corrected chi connectivity index (χ1v) is 6.00. The number of nitrogens with one attached hydrogen (secondary N) is 1. The Morgan fingerprint density at radius 1 is 1.26 bits per heavy atom. The van der Waals surface area contributed by atoms with Crippen LogP contribution >= 0.6 is 0 Å². The van der Waals surface area contributed by atoms with Gasteiger partial charge in [-0.15, -0.1) is 0 Å². The van der Waals surface area contributed by atoms with Crippen LogP contribution in [0.1, 0.15) is 40.5 Å². The second-order valence-corrected chi connectivity index (χ2v) is 5.03. The van der Waals surface area contributed by atoms with E-state index in [2.05, 4.69) is 5.32 Å². The summed E-state index contributed by atoms with van der Waals surface area (Å²) in [5, 5.41) is 10.7. The molecular weight excluding hydrogens is 254 g/mol. The molecule has 0 aliphatic rings. The van der Waals surface area contributed by atoms with Crippen molar-refractivity contribution in [3.05, 3.63) is 0 Å². The molecule has 2 N–H and O–H groups in total. The minimum Gasteiger partial charge on any atom is -0.481 e.